The Kier molecular flexibility index (Phi) is 3.47. The van der Waals surface area contributed by atoms with E-state index in [4.69, 9.17) is 0 Å². The van der Waals surface area contributed by atoms with Gasteiger partial charge in [-0.1, -0.05) is 27.7 Å². The van der Waals surface area contributed by atoms with Gasteiger partial charge in [0, 0.05) is 23.3 Å². The molecule has 2 heteroatoms. The van der Waals surface area contributed by atoms with Gasteiger partial charge < -0.3 is 4.57 Å². The van der Waals surface area contributed by atoms with Crippen molar-refractivity contribution in [3.05, 3.63) is 29.7 Å². The molecule has 0 aliphatic heterocycles. The van der Waals surface area contributed by atoms with E-state index in [9.17, 15) is 0 Å². The summed E-state index contributed by atoms with van der Waals surface area (Å²) < 4.78 is 2.34. The molecular weight excluding hydrogens is 220 g/mol. The first kappa shape index (κ1) is 13.1. The standard InChI is InChI=1S/C16H24N2/c1-10(2)14-9-18(12(5)6)16-8-17-15(11(3)4)7-13(14)16/h7-12H,1-6H3. The predicted molar refractivity (Wildman–Crippen MR) is 78.3 cm³/mol. The maximum atomic E-state index is 4.60. The van der Waals surface area contributed by atoms with Gasteiger partial charge in [-0.05, 0) is 37.3 Å². The van der Waals surface area contributed by atoms with Crippen LogP contribution >= 0.6 is 0 Å². The van der Waals surface area contributed by atoms with Crippen LogP contribution in [0.2, 0.25) is 0 Å². The van der Waals surface area contributed by atoms with Crippen LogP contribution in [0.3, 0.4) is 0 Å². The fraction of sp³-hybridized carbons (Fsp3) is 0.562. The lowest BCUT2D eigenvalue weighted by molar-refractivity contribution is 0.618. The SMILES string of the molecule is CC(C)c1cc2c(C(C)C)cn(C(C)C)c2cn1. The minimum atomic E-state index is 0.478. The number of hydrogen-bond donors (Lipinski definition) is 0. The minimum absolute atomic E-state index is 0.478. The summed E-state index contributed by atoms with van der Waals surface area (Å²) in [5.74, 6) is 1.03. The Morgan fingerprint density at radius 1 is 1.00 bits per heavy atom. The van der Waals surface area contributed by atoms with Crippen molar-refractivity contribution in [2.75, 3.05) is 0 Å². The molecule has 0 aliphatic rings. The maximum absolute atomic E-state index is 4.60. The third-order valence-electron chi connectivity index (χ3n) is 3.54. The summed E-state index contributed by atoms with van der Waals surface area (Å²) in [5.41, 5.74) is 3.88. The van der Waals surface area contributed by atoms with Crippen molar-refractivity contribution in [2.45, 2.75) is 59.4 Å². The fourth-order valence-electron chi connectivity index (χ4n) is 2.39. The number of aromatic nitrogens is 2. The van der Waals surface area contributed by atoms with Gasteiger partial charge in [-0.25, -0.2) is 0 Å². The van der Waals surface area contributed by atoms with Crippen LogP contribution < -0.4 is 0 Å². The summed E-state index contributed by atoms with van der Waals surface area (Å²) >= 11 is 0. The second kappa shape index (κ2) is 4.75. The quantitative estimate of drug-likeness (QED) is 0.753. The molecule has 0 aliphatic carbocycles. The largest absolute Gasteiger partial charge is 0.343 e. The zero-order chi connectivity index (χ0) is 13.4. The topological polar surface area (TPSA) is 17.8 Å². The number of fused-ring (bicyclic) bond motifs is 1. The lowest BCUT2D eigenvalue weighted by Crippen LogP contribution is -1.99. The zero-order valence-corrected chi connectivity index (χ0v) is 12.4. The van der Waals surface area contributed by atoms with Crippen LogP contribution in [0.15, 0.2) is 18.5 Å². The molecule has 0 aromatic carbocycles. The summed E-state index contributed by atoms with van der Waals surface area (Å²) in [6.45, 7) is 13.4. The van der Waals surface area contributed by atoms with Crippen molar-refractivity contribution in [1.82, 2.24) is 9.55 Å². The Hall–Kier alpha value is -1.31. The third-order valence-corrected chi connectivity index (χ3v) is 3.54. The molecule has 2 heterocycles. The van der Waals surface area contributed by atoms with Gasteiger partial charge in [0.15, 0.2) is 0 Å². The molecule has 0 bridgehead atoms. The van der Waals surface area contributed by atoms with Gasteiger partial charge >= 0.3 is 0 Å². The normalized spacial score (nSPS) is 12.3. The highest BCUT2D eigenvalue weighted by Gasteiger charge is 2.14. The zero-order valence-electron chi connectivity index (χ0n) is 12.4. The molecule has 0 unspecified atom stereocenters. The van der Waals surface area contributed by atoms with Gasteiger partial charge in [0.25, 0.3) is 0 Å². The van der Waals surface area contributed by atoms with Gasteiger partial charge in [-0.3, -0.25) is 4.98 Å². The van der Waals surface area contributed by atoms with Gasteiger partial charge in [0.05, 0.1) is 11.7 Å². The molecule has 0 fully saturated rings. The van der Waals surface area contributed by atoms with Crippen molar-refractivity contribution >= 4 is 10.9 Å². The van der Waals surface area contributed by atoms with Gasteiger partial charge in [0.2, 0.25) is 0 Å². The number of rotatable bonds is 3. The molecule has 2 aromatic heterocycles. The van der Waals surface area contributed by atoms with Gasteiger partial charge in [-0.2, -0.15) is 0 Å². The molecule has 2 aromatic rings. The molecular formula is C16H24N2. The number of nitrogens with zero attached hydrogens (tertiary/aromatic N) is 2. The van der Waals surface area contributed by atoms with Crippen LogP contribution in [0.4, 0.5) is 0 Å². The van der Waals surface area contributed by atoms with E-state index in [1.165, 1.54) is 22.2 Å². The van der Waals surface area contributed by atoms with Crippen molar-refractivity contribution < 1.29 is 0 Å². The highest BCUT2D eigenvalue weighted by atomic mass is 15.0. The number of hydrogen-bond acceptors (Lipinski definition) is 1. The number of pyridine rings is 1. The summed E-state index contributed by atoms with van der Waals surface area (Å²) in [7, 11) is 0. The van der Waals surface area contributed by atoms with Crippen molar-refractivity contribution in [3.8, 4) is 0 Å². The van der Waals surface area contributed by atoms with Gasteiger partial charge in [-0.15, -0.1) is 0 Å². The highest BCUT2D eigenvalue weighted by Crippen LogP contribution is 2.30. The summed E-state index contributed by atoms with van der Waals surface area (Å²) in [4.78, 5) is 4.60. The van der Waals surface area contributed by atoms with Crippen LogP contribution in [-0.2, 0) is 0 Å². The average Bonchev–Trinajstić information content (AvgIpc) is 2.67. The van der Waals surface area contributed by atoms with E-state index in [1.807, 2.05) is 6.20 Å². The molecule has 0 atom stereocenters. The molecule has 0 amide bonds. The van der Waals surface area contributed by atoms with Crippen LogP contribution in [0.25, 0.3) is 10.9 Å². The molecule has 2 rings (SSSR count). The molecule has 2 nitrogen and oxygen atoms in total. The molecule has 0 saturated carbocycles. The Labute approximate surface area is 110 Å². The maximum Gasteiger partial charge on any atom is 0.0672 e. The minimum Gasteiger partial charge on any atom is -0.343 e. The van der Waals surface area contributed by atoms with E-state index in [-0.39, 0.29) is 0 Å². The molecule has 98 valence electrons. The van der Waals surface area contributed by atoms with Crippen LogP contribution in [0.5, 0.6) is 0 Å². The first-order valence-electron chi connectivity index (χ1n) is 6.92. The van der Waals surface area contributed by atoms with E-state index in [1.54, 1.807) is 0 Å². The van der Waals surface area contributed by atoms with Crippen LogP contribution in [0, 0.1) is 0 Å². The summed E-state index contributed by atoms with van der Waals surface area (Å²) in [6.07, 6.45) is 4.34. The molecule has 0 spiro atoms. The lowest BCUT2D eigenvalue weighted by Gasteiger charge is -2.09. The Morgan fingerprint density at radius 2 is 1.67 bits per heavy atom. The molecule has 0 radical (unpaired) electrons. The van der Waals surface area contributed by atoms with E-state index >= 15 is 0 Å². The van der Waals surface area contributed by atoms with Gasteiger partial charge in [0.1, 0.15) is 0 Å². The Morgan fingerprint density at radius 3 is 2.17 bits per heavy atom. The Bertz CT molecular complexity index is 547. The first-order valence-corrected chi connectivity index (χ1v) is 6.92. The molecule has 18 heavy (non-hydrogen) atoms. The smallest absolute Gasteiger partial charge is 0.0672 e. The van der Waals surface area contributed by atoms with E-state index in [0.29, 0.717) is 17.9 Å². The fourth-order valence-corrected chi connectivity index (χ4v) is 2.39. The molecule has 0 N–H and O–H groups in total. The Balaban J connectivity index is 2.71. The first-order chi connectivity index (χ1) is 8.41. The second-order valence-electron chi connectivity index (χ2n) is 6.02. The van der Waals surface area contributed by atoms with E-state index in [0.717, 1.165) is 0 Å². The van der Waals surface area contributed by atoms with Crippen molar-refractivity contribution in [3.63, 3.8) is 0 Å². The van der Waals surface area contributed by atoms with E-state index < -0.39 is 0 Å². The van der Waals surface area contributed by atoms with E-state index in [2.05, 4.69) is 63.4 Å². The third kappa shape index (κ3) is 2.16. The predicted octanol–water partition coefficient (Wildman–Crippen LogP) is 4.86. The van der Waals surface area contributed by atoms with Crippen LogP contribution in [-0.4, -0.2) is 9.55 Å². The summed E-state index contributed by atoms with van der Waals surface area (Å²) in [6, 6.07) is 2.75. The monoisotopic (exact) mass is 244 g/mol. The highest BCUT2D eigenvalue weighted by molar-refractivity contribution is 5.84. The summed E-state index contributed by atoms with van der Waals surface area (Å²) in [5, 5.41) is 1.37. The average molecular weight is 244 g/mol. The van der Waals surface area contributed by atoms with Crippen LogP contribution in [0.1, 0.15) is 70.7 Å². The lowest BCUT2D eigenvalue weighted by atomic mass is 10.0. The molecule has 0 saturated heterocycles. The van der Waals surface area contributed by atoms with Crippen molar-refractivity contribution in [1.29, 1.82) is 0 Å². The second-order valence-corrected chi connectivity index (χ2v) is 6.02. The van der Waals surface area contributed by atoms with Crippen molar-refractivity contribution in [2.24, 2.45) is 0 Å².